The third-order valence-corrected chi connectivity index (χ3v) is 4.33. The second-order valence-corrected chi connectivity index (χ2v) is 5.67. The number of hydrogen-bond acceptors (Lipinski definition) is 4. The Kier molecular flexibility index (Phi) is 3.50. The monoisotopic (exact) mass is 287 g/mol. The molecule has 0 aliphatic carbocycles. The van der Waals surface area contributed by atoms with E-state index in [4.69, 9.17) is 5.73 Å². The van der Waals surface area contributed by atoms with E-state index < -0.39 is 0 Å². The lowest BCUT2D eigenvalue weighted by molar-refractivity contribution is 0.687. The number of H-pyrrole nitrogens is 1. The fourth-order valence-electron chi connectivity index (χ4n) is 2.31. The van der Waals surface area contributed by atoms with Gasteiger partial charge < -0.3 is 10.7 Å². The van der Waals surface area contributed by atoms with Crippen molar-refractivity contribution in [1.29, 1.82) is 0 Å². The Labute approximate surface area is 121 Å². The van der Waals surface area contributed by atoms with Gasteiger partial charge in [-0.05, 0) is 43.8 Å². The lowest BCUT2D eigenvalue weighted by atomic mass is 10.2. The van der Waals surface area contributed by atoms with Crippen LogP contribution in [0.15, 0.2) is 34.4 Å². The summed E-state index contributed by atoms with van der Waals surface area (Å²) in [6.45, 7) is 2.65. The van der Waals surface area contributed by atoms with Crippen molar-refractivity contribution in [2.45, 2.75) is 23.5 Å². The molecule has 0 amide bonds. The number of nitrogens with one attached hydrogen (secondary N) is 1. The normalized spacial score (nSPS) is 11.3. The summed E-state index contributed by atoms with van der Waals surface area (Å²) in [5.41, 5.74) is 9.97. The highest BCUT2D eigenvalue weighted by atomic mass is 32.2. The number of aromatic amines is 1. The summed E-state index contributed by atoms with van der Waals surface area (Å²) in [5, 5.41) is 6.46. The molecule has 104 valence electrons. The fraction of sp³-hybridized carbons (Fsp3) is 0.286. The third kappa shape index (κ3) is 2.32. The summed E-state index contributed by atoms with van der Waals surface area (Å²) in [5.74, 6) is 0. The van der Waals surface area contributed by atoms with Crippen LogP contribution in [0.25, 0.3) is 11.0 Å². The van der Waals surface area contributed by atoms with Gasteiger partial charge in [0.15, 0.2) is 5.16 Å². The number of fused-ring (bicyclic) bond motifs is 1. The van der Waals surface area contributed by atoms with Crippen molar-refractivity contribution in [3.8, 4) is 0 Å². The number of aryl methyl sites for hydroxylation is 2. The first-order valence-electron chi connectivity index (χ1n) is 6.54. The van der Waals surface area contributed by atoms with E-state index in [1.807, 2.05) is 42.9 Å². The molecule has 20 heavy (non-hydrogen) atoms. The second kappa shape index (κ2) is 5.30. The minimum Gasteiger partial charge on any atom is -0.333 e. The Bertz CT molecular complexity index is 710. The molecule has 3 N–H and O–H groups in total. The third-order valence-electron chi connectivity index (χ3n) is 3.24. The van der Waals surface area contributed by atoms with Crippen molar-refractivity contribution in [1.82, 2.24) is 19.7 Å². The molecule has 2 heterocycles. The van der Waals surface area contributed by atoms with E-state index in [2.05, 4.69) is 15.1 Å². The van der Waals surface area contributed by atoms with E-state index in [-0.39, 0.29) is 0 Å². The first kappa shape index (κ1) is 13.2. The number of hydrogen-bond donors (Lipinski definition) is 2. The van der Waals surface area contributed by atoms with Gasteiger partial charge in [0.1, 0.15) is 5.03 Å². The molecule has 0 spiro atoms. The number of rotatable bonds is 4. The Hall–Kier alpha value is -1.79. The quantitative estimate of drug-likeness (QED) is 0.772. The van der Waals surface area contributed by atoms with Crippen LogP contribution >= 0.6 is 11.8 Å². The fourth-order valence-corrected chi connectivity index (χ4v) is 3.34. The summed E-state index contributed by atoms with van der Waals surface area (Å²) in [6, 6.07) is 8.03. The molecule has 0 aliphatic heterocycles. The molecule has 2 aromatic heterocycles. The molecule has 0 saturated heterocycles. The van der Waals surface area contributed by atoms with E-state index in [1.54, 1.807) is 11.8 Å². The average Bonchev–Trinajstić information content (AvgIpc) is 2.94. The summed E-state index contributed by atoms with van der Waals surface area (Å²) in [7, 11) is 1.96. The first-order valence-corrected chi connectivity index (χ1v) is 7.36. The van der Waals surface area contributed by atoms with Crippen LogP contribution in [0, 0.1) is 6.92 Å². The summed E-state index contributed by atoms with van der Waals surface area (Å²) >= 11 is 1.61. The van der Waals surface area contributed by atoms with Crippen LogP contribution in [0.4, 0.5) is 0 Å². The molecule has 0 fully saturated rings. The van der Waals surface area contributed by atoms with Crippen molar-refractivity contribution in [3.63, 3.8) is 0 Å². The van der Waals surface area contributed by atoms with Crippen LogP contribution in [0.3, 0.4) is 0 Å². The molecule has 0 radical (unpaired) electrons. The predicted octanol–water partition coefficient (Wildman–Crippen LogP) is 2.26. The van der Waals surface area contributed by atoms with Gasteiger partial charge in [0.25, 0.3) is 0 Å². The van der Waals surface area contributed by atoms with Gasteiger partial charge in [0, 0.05) is 12.6 Å². The van der Waals surface area contributed by atoms with Crippen molar-refractivity contribution < 1.29 is 0 Å². The van der Waals surface area contributed by atoms with Crippen molar-refractivity contribution in [2.75, 3.05) is 6.54 Å². The summed E-state index contributed by atoms with van der Waals surface area (Å²) in [4.78, 5) is 7.92. The Balaban J connectivity index is 1.98. The molecule has 0 atom stereocenters. The number of nitrogens with zero attached hydrogens (tertiary/aromatic N) is 3. The highest BCUT2D eigenvalue weighted by Gasteiger charge is 2.15. The van der Waals surface area contributed by atoms with Crippen LogP contribution in [0.2, 0.25) is 0 Å². The van der Waals surface area contributed by atoms with E-state index in [0.717, 1.165) is 33.3 Å². The number of imidazole rings is 1. The highest BCUT2D eigenvalue weighted by Crippen LogP contribution is 2.31. The zero-order valence-corrected chi connectivity index (χ0v) is 12.4. The molecule has 1 aromatic carbocycles. The van der Waals surface area contributed by atoms with Gasteiger partial charge in [0.05, 0.1) is 16.7 Å². The lowest BCUT2D eigenvalue weighted by Crippen LogP contribution is -2.04. The smallest absolute Gasteiger partial charge is 0.172 e. The molecule has 3 rings (SSSR count). The minimum atomic E-state index is 0.625. The molecule has 0 unspecified atom stereocenters. The zero-order chi connectivity index (χ0) is 14.1. The average molecular weight is 287 g/mol. The molecule has 5 nitrogen and oxygen atoms in total. The van der Waals surface area contributed by atoms with Gasteiger partial charge in [-0.2, -0.15) is 5.10 Å². The number of nitrogens with two attached hydrogens (primary N) is 1. The molecule has 0 saturated carbocycles. The van der Waals surface area contributed by atoms with Crippen LogP contribution in [0.1, 0.15) is 11.3 Å². The first-order chi connectivity index (χ1) is 9.69. The maximum Gasteiger partial charge on any atom is 0.172 e. The van der Waals surface area contributed by atoms with E-state index in [9.17, 15) is 0 Å². The Morgan fingerprint density at radius 3 is 2.90 bits per heavy atom. The van der Waals surface area contributed by atoms with E-state index >= 15 is 0 Å². The maximum atomic E-state index is 5.69. The second-order valence-electron chi connectivity index (χ2n) is 4.69. The van der Waals surface area contributed by atoms with Gasteiger partial charge in [-0.3, -0.25) is 4.68 Å². The number of aromatic nitrogens is 4. The van der Waals surface area contributed by atoms with Crippen molar-refractivity contribution >= 4 is 22.8 Å². The van der Waals surface area contributed by atoms with Crippen LogP contribution in [-0.4, -0.2) is 26.3 Å². The molecule has 0 aliphatic rings. The molecule has 0 bridgehead atoms. The molecular weight excluding hydrogens is 270 g/mol. The number of para-hydroxylation sites is 2. The predicted molar refractivity (Wildman–Crippen MR) is 80.9 cm³/mol. The zero-order valence-electron chi connectivity index (χ0n) is 11.6. The maximum absolute atomic E-state index is 5.69. The standard InChI is InChI=1S/C14H17N5S/c1-9-10(7-8-15)13(19(2)18-9)20-14-16-11-5-3-4-6-12(11)17-14/h3-6H,7-8,15H2,1-2H3,(H,16,17). The molecule has 6 heteroatoms. The largest absolute Gasteiger partial charge is 0.333 e. The van der Waals surface area contributed by atoms with Gasteiger partial charge in [-0.15, -0.1) is 0 Å². The Morgan fingerprint density at radius 2 is 2.15 bits per heavy atom. The molecule has 3 aromatic rings. The van der Waals surface area contributed by atoms with Gasteiger partial charge in [0.2, 0.25) is 0 Å². The van der Waals surface area contributed by atoms with E-state index in [1.165, 1.54) is 5.56 Å². The topological polar surface area (TPSA) is 72.5 Å². The summed E-state index contributed by atoms with van der Waals surface area (Å²) in [6.07, 6.45) is 0.836. The van der Waals surface area contributed by atoms with Gasteiger partial charge >= 0.3 is 0 Å². The summed E-state index contributed by atoms with van der Waals surface area (Å²) < 4.78 is 1.90. The lowest BCUT2D eigenvalue weighted by Gasteiger charge is -2.03. The minimum absolute atomic E-state index is 0.625. The van der Waals surface area contributed by atoms with Crippen LogP contribution < -0.4 is 5.73 Å². The van der Waals surface area contributed by atoms with E-state index in [0.29, 0.717) is 6.54 Å². The van der Waals surface area contributed by atoms with Crippen LogP contribution in [0.5, 0.6) is 0 Å². The Morgan fingerprint density at radius 1 is 1.35 bits per heavy atom. The van der Waals surface area contributed by atoms with Crippen molar-refractivity contribution in [3.05, 3.63) is 35.5 Å². The highest BCUT2D eigenvalue weighted by molar-refractivity contribution is 7.99. The SMILES string of the molecule is Cc1nn(C)c(Sc2nc3ccccc3[nH]2)c1CCN. The van der Waals surface area contributed by atoms with Crippen molar-refractivity contribution in [2.24, 2.45) is 12.8 Å². The number of benzene rings is 1. The molecular formula is C14H17N5S. The van der Waals surface area contributed by atoms with Gasteiger partial charge in [-0.25, -0.2) is 4.98 Å². The van der Waals surface area contributed by atoms with Gasteiger partial charge in [-0.1, -0.05) is 12.1 Å². The van der Waals surface area contributed by atoms with Crippen LogP contribution in [-0.2, 0) is 13.5 Å².